The second kappa shape index (κ2) is 9.71. The van der Waals surface area contributed by atoms with Gasteiger partial charge in [-0.15, -0.1) is 0 Å². The Balaban J connectivity index is 1.46. The summed E-state index contributed by atoms with van der Waals surface area (Å²) in [5.74, 6) is -3.48. The summed E-state index contributed by atoms with van der Waals surface area (Å²) in [5.41, 5.74) is 5.00. The second-order valence-corrected chi connectivity index (χ2v) is 9.57. The maximum atomic E-state index is 13.5. The molecule has 0 unspecified atom stereocenters. The first-order valence-electron chi connectivity index (χ1n) is 11.8. The van der Waals surface area contributed by atoms with Gasteiger partial charge in [0.05, 0.1) is 12.2 Å². The highest BCUT2D eigenvalue weighted by Gasteiger charge is 2.47. The Morgan fingerprint density at radius 1 is 0.944 bits per heavy atom. The van der Waals surface area contributed by atoms with Crippen LogP contribution in [-0.4, -0.2) is 42.3 Å². The Labute approximate surface area is 205 Å². The van der Waals surface area contributed by atoms with Crippen molar-refractivity contribution in [2.75, 3.05) is 19.7 Å². The van der Waals surface area contributed by atoms with Crippen molar-refractivity contribution >= 4 is 11.8 Å². The zero-order valence-electron chi connectivity index (χ0n) is 19.5. The quantitative estimate of drug-likeness (QED) is 0.368. The van der Waals surface area contributed by atoms with Gasteiger partial charge in [0.2, 0.25) is 5.91 Å². The maximum absolute atomic E-state index is 13.5. The number of ether oxygens (including phenoxy) is 1. The number of amides is 2. The van der Waals surface area contributed by atoms with E-state index < -0.39 is 41.8 Å². The number of rotatable bonds is 8. The number of primary amides is 1. The third-order valence-corrected chi connectivity index (χ3v) is 6.93. The van der Waals surface area contributed by atoms with Gasteiger partial charge >= 0.3 is 6.18 Å². The van der Waals surface area contributed by atoms with Crippen LogP contribution in [-0.2, 0) is 11.0 Å². The molecule has 2 amide bonds. The molecular formula is C26H27F5N2O3. The molecule has 1 heterocycles. The molecule has 1 aliphatic heterocycles. The standard InChI is InChI=1S/C26H27F5N2O3/c27-25(28)9-11-33(12-10-25)22(34)18-4-2-17(3-5-18)19-14-20(26(29,30)31)16-21(15-19)36-13-1-6-24(7-8-24)23(32)35/h2-5,14-16H,1,6-13H2,(H2,32,35). The number of hydrogen-bond donors (Lipinski definition) is 1. The average Bonchev–Trinajstić information content (AvgIpc) is 3.62. The molecule has 1 aliphatic carbocycles. The average molecular weight is 511 g/mol. The largest absolute Gasteiger partial charge is 0.494 e. The molecule has 0 aromatic heterocycles. The van der Waals surface area contributed by atoms with Gasteiger partial charge in [0.15, 0.2) is 0 Å². The Bertz CT molecular complexity index is 1120. The van der Waals surface area contributed by atoms with Crippen LogP contribution in [0.2, 0.25) is 0 Å². The van der Waals surface area contributed by atoms with E-state index in [0.29, 0.717) is 18.4 Å². The number of hydrogen-bond acceptors (Lipinski definition) is 3. The highest BCUT2D eigenvalue weighted by atomic mass is 19.4. The molecule has 2 aromatic carbocycles. The number of nitrogens with two attached hydrogens (primary N) is 1. The molecule has 0 atom stereocenters. The van der Waals surface area contributed by atoms with Crippen molar-refractivity contribution in [3.63, 3.8) is 0 Å². The van der Waals surface area contributed by atoms with Crippen molar-refractivity contribution in [2.45, 2.75) is 50.6 Å². The lowest BCUT2D eigenvalue weighted by molar-refractivity contribution is -0.137. The van der Waals surface area contributed by atoms with E-state index in [2.05, 4.69) is 0 Å². The Kier molecular flexibility index (Phi) is 6.99. The Morgan fingerprint density at radius 2 is 1.58 bits per heavy atom. The Morgan fingerprint density at radius 3 is 2.14 bits per heavy atom. The highest BCUT2D eigenvalue weighted by Crippen LogP contribution is 2.49. The van der Waals surface area contributed by atoms with E-state index in [1.54, 1.807) is 0 Å². The summed E-state index contributed by atoms with van der Waals surface area (Å²) in [6.45, 7) is 0.0308. The fraction of sp³-hybridized carbons (Fsp3) is 0.462. The van der Waals surface area contributed by atoms with Gasteiger partial charge in [-0.05, 0) is 67.1 Å². The van der Waals surface area contributed by atoms with Crippen LogP contribution in [0.15, 0.2) is 42.5 Å². The van der Waals surface area contributed by atoms with E-state index in [4.69, 9.17) is 10.5 Å². The summed E-state index contributed by atoms with van der Waals surface area (Å²) in [5, 5.41) is 0. The summed E-state index contributed by atoms with van der Waals surface area (Å²) < 4.78 is 72.9. The minimum absolute atomic E-state index is 0.0399. The van der Waals surface area contributed by atoms with Crippen LogP contribution in [0, 0.1) is 5.41 Å². The molecular weight excluding hydrogens is 483 g/mol. The van der Waals surface area contributed by atoms with Gasteiger partial charge in [-0.3, -0.25) is 9.59 Å². The highest BCUT2D eigenvalue weighted by molar-refractivity contribution is 5.94. The van der Waals surface area contributed by atoms with Gasteiger partial charge in [0.25, 0.3) is 11.8 Å². The van der Waals surface area contributed by atoms with Crippen LogP contribution in [0.5, 0.6) is 5.75 Å². The maximum Gasteiger partial charge on any atom is 0.416 e. The summed E-state index contributed by atoms with van der Waals surface area (Å²) in [4.78, 5) is 25.5. The van der Waals surface area contributed by atoms with E-state index in [1.807, 2.05) is 0 Å². The summed E-state index contributed by atoms with van der Waals surface area (Å²) in [6, 6.07) is 9.41. The molecule has 5 nitrogen and oxygen atoms in total. The van der Waals surface area contributed by atoms with Crippen LogP contribution in [0.3, 0.4) is 0 Å². The summed E-state index contributed by atoms with van der Waals surface area (Å²) in [6.07, 6.45) is -2.94. The number of nitrogens with zero attached hydrogens (tertiary/aromatic N) is 1. The first-order valence-corrected chi connectivity index (χ1v) is 11.8. The molecule has 2 N–H and O–H groups in total. The molecule has 4 rings (SSSR count). The van der Waals surface area contributed by atoms with E-state index >= 15 is 0 Å². The normalized spacial score (nSPS) is 18.5. The lowest BCUT2D eigenvalue weighted by atomic mass is 9.99. The van der Waals surface area contributed by atoms with Gasteiger partial charge in [0.1, 0.15) is 5.75 Å². The zero-order valence-corrected chi connectivity index (χ0v) is 19.5. The van der Waals surface area contributed by atoms with Crippen molar-refractivity contribution in [3.05, 3.63) is 53.6 Å². The molecule has 10 heteroatoms. The minimum atomic E-state index is -4.59. The topological polar surface area (TPSA) is 72.6 Å². The molecule has 1 saturated carbocycles. The monoisotopic (exact) mass is 510 g/mol. The van der Waals surface area contributed by atoms with E-state index in [0.717, 1.165) is 25.0 Å². The first kappa shape index (κ1) is 25.9. The van der Waals surface area contributed by atoms with Crippen LogP contribution in [0.25, 0.3) is 11.1 Å². The van der Waals surface area contributed by atoms with Crippen molar-refractivity contribution in [1.82, 2.24) is 4.90 Å². The number of carbonyl (C=O) groups is 2. The van der Waals surface area contributed by atoms with Crippen LogP contribution >= 0.6 is 0 Å². The van der Waals surface area contributed by atoms with Gasteiger partial charge in [-0.2, -0.15) is 13.2 Å². The van der Waals surface area contributed by atoms with Crippen molar-refractivity contribution in [1.29, 1.82) is 0 Å². The van der Waals surface area contributed by atoms with Crippen LogP contribution < -0.4 is 10.5 Å². The number of benzene rings is 2. The van der Waals surface area contributed by atoms with Crippen LogP contribution in [0.4, 0.5) is 22.0 Å². The smallest absolute Gasteiger partial charge is 0.416 e. The molecule has 194 valence electrons. The fourth-order valence-electron chi connectivity index (χ4n) is 4.41. The van der Waals surface area contributed by atoms with E-state index in [-0.39, 0.29) is 42.5 Å². The molecule has 0 radical (unpaired) electrons. The van der Waals surface area contributed by atoms with Gasteiger partial charge in [-0.1, -0.05) is 12.1 Å². The van der Waals surface area contributed by atoms with Gasteiger partial charge in [-0.25, -0.2) is 8.78 Å². The first-order chi connectivity index (χ1) is 16.9. The molecule has 2 fully saturated rings. The molecule has 2 aliphatic rings. The fourth-order valence-corrected chi connectivity index (χ4v) is 4.41. The third-order valence-electron chi connectivity index (χ3n) is 6.93. The minimum Gasteiger partial charge on any atom is -0.494 e. The van der Waals surface area contributed by atoms with Crippen molar-refractivity contribution in [2.24, 2.45) is 11.1 Å². The van der Waals surface area contributed by atoms with Gasteiger partial charge < -0.3 is 15.4 Å². The lowest BCUT2D eigenvalue weighted by Gasteiger charge is -2.31. The molecule has 1 saturated heterocycles. The number of likely N-dealkylation sites (tertiary alicyclic amines) is 1. The zero-order chi connectivity index (χ0) is 26.1. The predicted octanol–water partition coefficient (Wildman–Crippen LogP) is 5.67. The summed E-state index contributed by atoms with van der Waals surface area (Å²) >= 11 is 0. The molecule has 36 heavy (non-hydrogen) atoms. The van der Waals surface area contributed by atoms with Crippen molar-refractivity contribution in [3.8, 4) is 16.9 Å². The third kappa shape index (κ3) is 5.96. The summed E-state index contributed by atoms with van der Waals surface area (Å²) in [7, 11) is 0. The number of halogens is 5. The van der Waals surface area contributed by atoms with Gasteiger partial charge in [0, 0.05) is 36.9 Å². The van der Waals surface area contributed by atoms with E-state index in [9.17, 15) is 31.5 Å². The molecule has 0 bridgehead atoms. The SMILES string of the molecule is NC(=O)C1(CCCOc2cc(-c3ccc(C(=O)N4CCC(F)(F)CC4)cc3)cc(C(F)(F)F)c2)CC1. The number of alkyl halides is 5. The number of carbonyl (C=O) groups excluding carboxylic acids is 2. The lowest BCUT2D eigenvalue weighted by Crippen LogP contribution is -2.42. The second-order valence-electron chi connectivity index (χ2n) is 9.57. The van der Waals surface area contributed by atoms with Crippen molar-refractivity contribution < 1.29 is 36.3 Å². The van der Waals surface area contributed by atoms with E-state index in [1.165, 1.54) is 35.2 Å². The Hall–Kier alpha value is -3.17. The van der Waals surface area contributed by atoms with Crippen LogP contribution in [0.1, 0.15) is 54.4 Å². The molecule has 0 spiro atoms. The number of piperidine rings is 1. The molecule has 2 aromatic rings. The predicted molar refractivity (Wildman–Crippen MR) is 123 cm³/mol.